The summed E-state index contributed by atoms with van der Waals surface area (Å²) in [6.45, 7) is 4.98. The third kappa shape index (κ3) is 8.69. The van der Waals surface area contributed by atoms with Crippen LogP contribution in [0.3, 0.4) is 0 Å². The molecule has 1 aromatic rings. The van der Waals surface area contributed by atoms with Crippen molar-refractivity contribution in [3.63, 3.8) is 0 Å². The zero-order valence-electron chi connectivity index (χ0n) is 14.3. The number of hydrogen-bond acceptors (Lipinski definition) is 3. The highest BCUT2D eigenvalue weighted by Gasteiger charge is 2.05. The van der Waals surface area contributed by atoms with Crippen molar-refractivity contribution in [1.29, 1.82) is 0 Å². The number of aliphatic imine (C=N–C) groups is 1. The summed E-state index contributed by atoms with van der Waals surface area (Å²) in [5, 5.41) is 3.29. The van der Waals surface area contributed by atoms with E-state index in [1.165, 1.54) is 24.3 Å². The Morgan fingerprint density at radius 3 is 2.70 bits per heavy atom. The van der Waals surface area contributed by atoms with Crippen LogP contribution in [0.5, 0.6) is 5.75 Å². The number of guanidine groups is 1. The summed E-state index contributed by atoms with van der Waals surface area (Å²) >= 11 is 1.87. The Labute approximate surface area is 143 Å². The number of nitrogens with one attached hydrogen (secondary N) is 1. The Kier molecular flexibility index (Phi) is 10.3. The molecule has 0 unspecified atom stereocenters. The predicted molar refractivity (Wildman–Crippen MR) is 98.1 cm³/mol. The maximum absolute atomic E-state index is 12.8. The van der Waals surface area contributed by atoms with E-state index in [-0.39, 0.29) is 5.82 Å². The molecule has 0 aliphatic rings. The number of halogens is 1. The Hall–Kier alpha value is -1.43. The minimum absolute atomic E-state index is 0.252. The van der Waals surface area contributed by atoms with Gasteiger partial charge < -0.3 is 15.0 Å². The minimum atomic E-state index is -0.252. The fraction of sp³-hybridized carbons (Fsp3) is 0.588. The Bertz CT molecular complexity index is 454. The van der Waals surface area contributed by atoms with Crippen molar-refractivity contribution in [2.75, 3.05) is 45.3 Å². The SMILES string of the molecule is CCNC(=NCCCCSC)N(C)CCOc1ccc(F)cc1. The highest BCUT2D eigenvalue weighted by atomic mass is 32.2. The van der Waals surface area contributed by atoms with Gasteiger partial charge in [0.05, 0.1) is 6.54 Å². The van der Waals surface area contributed by atoms with Crippen molar-refractivity contribution in [2.45, 2.75) is 19.8 Å². The van der Waals surface area contributed by atoms with E-state index in [2.05, 4.69) is 28.4 Å². The molecule has 0 spiro atoms. The van der Waals surface area contributed by atoms with Gasteiger partial charge in [-0.05, 0) is 56.0 Å². The molecule has 1 aromatic carbocycles. The van der Waals surface area contributed by atoms with Gasteiger partial charge in [-0.15, -0.1) is 0 Å². The predicted octanol–water partition coefficient (Wildman–Crippen LogP) is 3.25. The van der Waals surface area contributed by atoms with Crippen LogP contribution in [0.15, 0.2) is 29.3 Å². The second kappa shape index (κ2) is 12.0. The number of unbranched alkanes of at least 4 members (excludes halogenated alkanes) is 1. The lowest BCUT2D eigenvalue weighted by Crippen LogP contribution is -2.41. The van der Waals surface area contributed by atoms with E-state index in [0.29, 0.717) is 18.9 Å². The fourth-order valence-corrected chi connectivity index (χ4v) is 2.44. The van der Waals surface area contributed by atoms with E-state index in [1.807, 2.05) is 18.8 Å². The van der Waals surface area contributed by atoms with Crippen molar-refractivity contribution >= 4 is 17.7 Å². The van der Waals surface area contributed by atoms with E-state index in [0.717, 1.165) is 25.5 Å². The van der Waals surface area contributed by atoms with Gasteiger partial charge in [0.25, 0.3) is 0 Å². The first-order valence-corrected chi connectivity index (χ1v) is 9.43. The molecule has 0 heterocycles. The van der Waals surface area contributed by atoms with E-state index >= 15 is 0 Å². The molecule has 0 bridgehead atoms. The number of thioether (sulfide) groups is 1. The molecule has 130 valence electrons. The van der Waals surface area contributed by atoms with E-state index in [9.17, 15) is 4.39 Å². The molecule has 0 radical (unpaired) electrons. The number of hydrogen-bond donors (Lipinski definition) is 1. The molecule has 23 heavy (non-hydrogen) atoms. The average molecular weight is 341 g/mol. The second-order valence-corrected chi connectivity index (χ2v) is 6.15. The van der Waals surface area contributed by atoms with Gasteiger partial charge >= 0.3 is 0 Å². The molecule has 0 saturated carbocycles. The van der Waals surface area contributed by atoms with Crippen molar-refractivity contribution in [2.24, 2.45) is 4.99 Å². The first-order chi connectivity index (χ1) is 11.2. The summed E-state index contributed by atoms with van der Waals surface area (Å²) < 4.78 is 18.5. The van der Waals surface area contributed by atoms with Gasteiger partial charge in [0, 0.05) is 20.1 Å². The summed E-state index contributed by atoms with van der Waals surface area (Å²) in [5.74, 6) is 2.52. The standard InChI is InChI=1S/C17H28FN3OS/c1-4-19-17(20-11-5-6-14-23-3)21(2)12-13-22-16-9-7-15(18)8-10-16/h7-10H,4-6,11-14H2,1-3H3,(H,19,20). The lowest BCUT2D eigenvalue weighted by atomic mass is 10.3. The normalized spacial score (nSPS) is 11.4. The van der Waals surface area contributed by atoms with Gasteiger partial charge in [-0.1, -0.05) is 0 Å². The molecular weight excluding hydrogens is 313 g/mol. The summed E-state index contributed by atoms with van der Waals surface area (Å²) in [6.07, 6.45) is 4.43. The molecule has 0 fully saturated rings. The second-order valence-electron chi connectivity index (χ2n) is 5.16. The molecule has 6 heteroatoms. The van der Waals surface area contributed by atoms with Gasteiger partial charge in [-0.3, -0.25) is 4.99 Å². The summed E-state index contributed by atoms with van der Waals surface area (Å²) in [6, 6.07) is 6.08. The van der Waals surface area contributed by atoms with Gasteiger partial charge in [-0.2, -0.15) is 11.8 Å². The highest BCUT2D eigenvalue weighted by Crippen LogP contribution is 2.10. The van der Waals surface area contributed by atoms with Crippen LogP contribution in [0.1, 0.15) is 19.8 Å². The van der Waals surface area contributed by atoms with Crippen molar-refractivity contribution < 1.29 is 9.13 Å². The van der Waals surface area contributed by atoms with Gasteiger partial charge in [0.2, 0.25) is 0 Å². The van der Waals surface area contributed by atoms with Crippen LogP contribution in [0.2, 0.25) is 0 Å². The molecule has 0 aromatic heterocycles. The third-order valence-electron chi connectivity index (χ3n) is 3.22. The first-order valence-electron chi connectivity index (χ1n) is 8.04. The summed E-state index contributed by atoms with van der Waals surface area (Å²) in [4.78, 5) is 6.70. The van der Waals surface area contributed by atoms with Crippen LogP contribution in [-0.4, -0.2) is 56.2 Å². The molecular formula is C17H28FN3OS. The Balaban J connectivity index is 2.36. The zero-order valence-corrected chi connectivity index (χ0v) is 15.2. The largest absolute Gasteiger partial charge is 0.492 e. The van der Waals surface area contributed by atoms with E-state index in [4.69, 9.17) is 4.74 Å². The molecule has 0 amide bonds. The van der Waals surface area contributed by atoms with E-state index in [1.54, 1.807) is 12.1 Å². The van der Waals surface area contributed by atoms with Gasteiger partial charge in [0.1, 0.15) is 18.2 Å². The lowest BCUT2D eigenvalue weighted by Gasteiger charge is -2.22. The lowest BCUT2D eigenvalue weighted by molar-refractivity contribution is 0.281. The molecule has 4 nitrogen and oxygen atoms in total. The Morgan fingerprint density at radius 1 is 1.30 bits per heavy atom. The maximum atomic E-state index is 12.8. The van der Waals surface area contributed by atoms with Crippen molar-refractivity contribution in [3.8, 4) is 5.75 Å². The van der Waals surface area contributed by atoms with Crippen LogP contribution >= 0.6 is 11.8 Å². The van der Waals surface area contributed by atoms with Crippen LogP contribution in [0.4, 0.5) is 4.39 Å². The summed E-state index contributed by atoms with van der Waals surface area (Å²) in [7, 11) is 2.00. The smallest absolute Gasteiger partial charge is 0.193 e. The first kappa shape index (κ1) is 19.6. The number of nitrogens with zero attached hydrogens (tertiary/aromatic N) is 2. The molecule has 0 atom stereocenters. The third-order valence-corrected chi connectivity index (χ3v) is 3.92. The van der Waals surface area contributed by atoms with E-state index < -0.39 is 0 Å². The summed E-state index contributed by atoms with van der Waals surface area (Å²) in [5.41, 5.74) is 0. The van der Waals surface area contributed by atoms with Crippen LogP contribution in [0, 0.1) is 5.82 Å². The number of rotatable bonds is 10. The average Bonchev–Trinajstić information content (AvgIpc) is 2.55. The molecule has 0 aliphatic heterocycles. The monoisotopic (exact) mass is 341 g/mol. The molecule has 1 rings (SSSR count). The zero-order chi connectivity index (χ0) is 16.9. The maximum Gasteiger partial charge on any atom is 0.193 e. The van der Waals surface area contributed by atoms with Crippen molar-refractivity contribution in [3.05, 3.63) is 30.1 Å². The molecule has 0 saturated heterocycles. The topological polar surface area (TPSA) is 36.9 Å². The van der Waals surface area contributed by atoms with Gasteiger partial charge in [-0.25, -0.2) is 4.39 Å². The number of benzene rings is 1. The quantitative estimate of drug-likeness (QED) is 0.403. The number of ether oxygens (including phenoxy) is 1. The van der Waals surface area contributed by atoms with Crippen LogP contribution in [0.25, 0.3) is 0 Å². The van der Waals surface area contributed by atoms with Crippen LogP contribution < -0.4 is 10.1 Å². The Morgan fingerprint density at radius 2 is 2.04 bits per heavy atom. The fourth-order valence-electron chi connectivity index (χ4n) is 1.95. The molecule has 1 N–H and O–H groups in total. The van der Waals surface area contributed by atoms with Crippen LogP contribution in [-0.2, 0) is 0 Å². The highest BCUT2D eigenvalue weighted by molar-refractivity contribution is 7.98. The van der Waals surface area contributed by atoms with Crippen molar-refractivity contribution in [1.82, 2.24) is 10.2 Å². The molecule has 0 aliphatic carbocycles. The number of likely N-dealkylation sites (N-methyl/N-ethyl adjacent to an activating group) is 1. The minimum Gasteiger partial charge on any atom is -0.492 e. The van der Waals surface area contributed by atoms with Gasteiger partial charge in [0.15, 0.2) is 5.96 Å².